The number of nitrogens with zero attached hydrogens (tertiary/aromatic N) is 2. The molecule has 40 heavy (non-hydrogen) atoms. The Labute approximate surface area is 247 Å². The van der Waals surface area contributed by atoms with Gasteiger partial charge in [0.1, 0.15) is 12.6 Å². The molecule has 0 fully saturated rings. The first-order valence-corrected chi connectivity index (χ1v) is 15.3. The number of nitrogens with one attached hydrogen (secondary N) is 1. The Morgan fingerprint density at radius 3 is 2.17 bits per heavy atom. The summed E-state index contributed by atoms with van der Waals surface area (Å²) in [5.41, 5.74) is 2.07. The van der Waals surface area contributed by atoms with Crippen LogP contribution in [0.1, 0.15) is 38.3 Å². The summed E-state index contributed by atoms with van der Waals surface area (Å²) in [6.07, 6.45) is 1.22. The van der Waals surface area contributed by atoms with Crippen LogP contribution in [-0.4, -0.2) is 50.3 Å². The largest absolute Gasteiger partial charge is 0.352 e. The van der Waals surface area contributed by atoms with Gasteiger partial charge in [-0.05, 0) is 69.5 Å². The summed E-state index contributed by atoms with van der Waals surface area (Å²) >= 11 is 12.3. The van der Waals surface area contributed by atoms with Crippen LogP contribution in [0.2, 0.25) is 10.0 Å². The molecule has 0 aliphatic carbocycles. The van der Waals surface area contributed by atoms with Crippen LogP contribution in [-0.2, 0) is 26.0 Å². The van der Waals surface area contributed by atoms with E-state index in [1.54, 1.807) is 19.1 Å². The van der Waals surface area contributed by atoms with Crippen molar-refractivity contribution in [2.75, 3.05) is 17.4 Å². The van der Waals surface area contributed by atoms with Gasteiger partial charge in [0.25, 0.3) is 10.0 Å². The lowest BCUT2D eigenvalue weighted by Gasteiger charge is -2.32. The molecular weight excluding hydrogens is 569 g/mol. The van der Waals surface area contributed by atoms with Gasteiger partial charge in [0.15, 0.2) is 0 Å². The van der Waals surface area contributed by atoms with Crippen LogP contribution >= 0.6 is 23.2 Å². The molecule has 3 rings (SSSR count). The van der Waals surface area contributed by atoms with E-state index in [4.69, 9.17) is 23.2 Å². The van der Waals surface area contributed by atoms with Crippen LogP contribution in [0.5, 0.6) is 0 Å². The molecule has 0 saturated carbocycles. The fourth-order valence-corrected chi connectivity index (χ4v) is 5.74. The van der Waals surface area contributed by atoms with Gasteiger partial charge < -0.3 is 10.2 Å². The second-order valence-electron chi connectivity index (χ2n) is 9.74. The summed E-state index contributed by atoms with van der Waals surface area (Å²) in [5, 5.41) is 3.33. The predicted octanol–water partition coefficient (Wildman–Crippen LogP) is 5.87. The highest BCUT2D eigenvalue weighted by atomic mass is 35.5. The molecule has 0 bridgehead atoms. The van der Waals surface area contributed by atoms with Gasteiger partial charge in [0.05, 0.1) is 20.6 Å². The second kappa shape index (κ2) is 14.0. The minimum Gasteiger partial charge on any atom is -0.352 e. The van der Waals surface area contributed by atoms with E-state index in [2.05, 4.69) is 5.32 Å². The third-order valence-electron chi connectivity index (χ3n) is 6.73. The number of benzene rings is 3. The normalized spacial score (nSPS) is 12.8. The Morgan fingerprint density at radius 2 is 1.57 bits per heavy atom. The Kier molecular flexibility index (Phi) is 11.0. The van der Waals surface area contributed by atoms with Crippen molar-refractivity contribution >= 4 is 50.7 Å². The number of hydrogen-bond acceptors (Lipinski definition) is 4. The number of carbonyl (C=O) groups is 2. The second-order valence-corrected chi connectivity index (χ2v) is 12.4. The van der Waals surface area contributed by atoms with E-state index in [-0.39, 0.29) is 39.1 Å². The smallest absolute Gasteiger partial charge is 0.264 e. The molecule has 0 heterocycles. The average Bonchev–Trinajstić information content (AvgIpc) is 2.93. The molecule has 0 aromatic heterocycles. The van der Waals surface area contributed by atoms with Crippen molar-refractivity contribution in [3.05, 3.63) is 94.0 Å². The topological polar surface area (TPSA) is 86.8 Å². The van der Waals surface area contributed by atoms with Crippen LogP contribution < -0.4 is 9.62 Å². The van der Waals surface area contributed by atoms with Crippen molar-refractivity contribution in [1.82, 2.24) is 10.2 Å². The van der Waals surface area contributed by atoms with Crippen molar-refractivity contribution in [3.63, 3.8) is 0 Å². The number of anilines is 1. The summed E-state index contributed by atoms with van der Waals surface area (Å²) in [4.78, 5) is 28.5. The van der Waals surface area contributed by atoms with E-state index < -0.39 is 28.5 Å². The fraction of sp³-hybridized carbons (Fsp3) is 0.333. The molecular formula is C30H35Cl2N3O4S. The number of carbonyl (C=O) groups excluding carboxylic acids is 2. The number of sulfonamides is 1. The van der Waals surface area contributed by atoms with Gasteiger partial charge in [0.2, 0.25) is 11.8 Å². The van der Waals surface area contributed by atoms with Crippen molar-refractivity contribution in [2.45, 2.75) is 57.5 Å². The molecule has 1 N–H and O–H groups in total. The maximum absolute atomic E-state index is 13.9. The lowest BCUT2D eigenvalue weighted by molar-refractivity contribution is -0.139. The minimum absolute atomic E-state index is 0.0235. The minimum atomic E-state index is -4.18. The number of halogens is 2. The molecule has 3 aromatic rings. The molecule has 0 unspecified atom stereocenters. The summed E-state index contributed by atoms with van der Waals surface area (Å²) in [6.45, 7) is 7.03. The summed E-state index contributed by atoms with van der Waals surface area (Å²) in [7, 11) is -4.18. The zero-order valence-electron chi connectivity index (χ0n) is 23.1. The highest BCUT2D eigenvalue weighted by Crippen LogP contribution is 2.31. The maximum atomic E-state index is 13.9. The standard InChI is InChI=1S/C30H35Cl2N3O4S/c1-5-22(3)33-30(37)23(4)34(18-17-24-9-7-6-8-10-24)29(36)20-35(25-13-16-27(31)28(32)19-25)40(38,39)26-14-11-21(2)12-15-26/h6-16,19,22-23H,5,17-18,20H2,1-4H3,(H,33,37)/t22-,23+/m1/s1. The Bertz CT molecular complexity index is 1420. The van der Waals surface area contributed by atoms with E-state index in [1.165, 1.54) is 35.2 Å². The fourth-order valence-electron chi connectivity index (χ4n) is 4.04. The van der Waals surface area contributed by atoms with Crippen LogP contribution in [0.15, 0.2) is 77.7 Å². The Hall–Kier alpha value is -3.07. The third kappa shape index (κ3) is 7.99. The van der Waals surface area contributed by atoms with Gasteiger partial charge in [-0.1, -0.05) is 78.2 Å². The molecule has 0 aliphatic rings. The SMILES string of the molecule is CC[C@@H](C)NC(=O)[C@H](C)N(CCc1ccccc1)C(=O)CN(c1ccc(Cl)c(Cl)c1)S(=O)(=O)c1ccc(C)cc1. The van der Waals surface area contributed by atoms with Gasteiger partial charge in [-0.15, -0.1) is 0 Å². The van der Waals surface area contributed by atoms with E-state index in [0.717, 1.165) is 21.9 Å². The first kappa shape index (κ1) is 31.5. The van der Waals surface area contributed by atoms with Crippen molar-refractivity contribution < 1.29 is 18.0 Å². The average molecular weight is 605 g/mol. The quantitative estimate of drug-likeness (QED) is 0.280. The predicted molar refractivity (Wildman–Crippen MR) is 161 cm³/mol. The Morgan fingerprint density at radius 1 is 0.925 bits per heavy atom. The number of hydrogen-bond donors (Lipinski definition) is 1. The van der Waals surface area contributed by atoms with Gasteiger partial charge in [-0.3, -0.25) is 13.9 Å². The van der Waals surface area contributed by atoms with E-state index in [0.29, 0.717) is 6.42 Å². The summed E-state index contributed by atoms with van der Waals surface area (Å²) < 4.78 is 28.7. The third-order valence-corrected chi connectivity index (χ3v) is 9.26. The lowest BCUT2D eigenvalue weighted by atomic mass is 10.1. The molecule has 2 amide bonds. The summed E-state index contributed by atoms with van der Waals surface area (Å²) in [6, 6.07) is 19.5. The van der Waals surface area contributed by atoms with Crippen LogP contribution in [0.25, 0.3) is 0 Å². The number of aryl methyl sites for hydroxylation is 1. The molecule has 214 valence electrons. The van der Waals surface area contributed by atoms with Crippen LogP contribution in [0.4, 0.5) is 5.69 Å². The van der Waals surface area contributed by atoms with Gasteiger partial charge in [0, 0.05) is 12.6 Å². The zero-order valence-corrected chi connectivity index (χ0v) is 25.4. The molecule has 2 atom stereocenters. The van der Waals surface area contributed by atoms with E-state index in [1.807, 2.05) is 51.1 Å². The van der Waals surface area contributed by atoms with E-state index >= 15 is 0 Å². The molecule has 0 aliphatic heterocycles. The maximum Gasteiger partial charge on any atom is 0.264 e. The summed E-state index contributed by atoms with van der Waals surface area (Å²) in [5.74, 6) is -0.831. The zero-order chi connectivity index (χ0) is 29.4. The van der Waals surface area contributed by atoms with Gasteiger partial charge >= 0.3 is 0 Å². The molecule has 0 saturated heterocycles. The van der Waals surface area contributed by atoms with Crippen LogP contribution in [0, 0.1) is 6.92 Å². The molecule has 0 spiro atoms. The number of rotatable bonds is 12. The Balaban J connectivity index is 2.00. The molecule has 7 nitrogen and oxygen atoms in total. The van der Waals surface area contributed by atoms with Gasteiger partial charge in [-0.25, -0.2) is 8.42 Å². The van der Waals surface area contributed by atoms with Gasteiger partial charge in [-0.2, -0.15) is 0 Å². The van der Waals surface area contributed by atoms with Crippen molar-refractivity contribution in [3.8, 4) is 0 Å². The first-order chi connectivity index (χ1) is 18.9. The monoisotopic (exact) mass is 603 g/mol. The molecule has 10 heteroatoms. The molecule has 3 aromatic carbocycles. The van der Waals surface area contributed by atoms with Crippen molar-refractivity contribution in [1.29, 1.82) is 0 Å². The number of amides is 2. The van der Waals surface area contributed by atoms with Crippen molar-refractivity contribution in [2.24, 2.45) is 0 Å². The first-order valence-electron chi connectivity index (χ1n) is 13.1. The van der Waals surface area contributed by atoms with Crippen LogP contribution in [0.3, 0.4) is 0 Å². The lowest BCUT2D eigenvalue weighted by Crippen LogP contribution is -2.53. The highest BCUT2D eigenvalue weighted by molar-refractivity contribution is 7.92. The highest BCUT2D eigenvalue weighted by Gasteiger charge is 2.32. The molecule has 0 radical (unpaired) electrons. The van der Waals surface area contributed by atoms with E-state index in [9.17, 15) is 18.0 Å².